The molecule has 0 heterocycles. The Kier molecular flexibility index (Phi) is 7.71. The van der Waals surface area contributed by atoms with Crippen molar-refractivity contribution in [3.63, 3.8) is 0 Å². The summed E-state index contributed by atoms with van der Waals surface area (Å²) in [4.78, 5) is 23.5. The Hall–Kier alpha value is -4.21. The monoisotopic (exact) mass is 518 g/mol. The summed E-state index contributed by atoms with van der Waals surface area (Å²) in [6.45, 7) is 3.99. The maximum absolute atomic E-state index is 13.4. The lowest BCUT2D eigenvalue weighted by atomic mass is 10.00. The van der Waals surface area contributed by atoms with Crippen LogP contribution in [0.4, 0.5) is 13.2 Å². The minimum Gasteiger partial charge on any atom is -0.507 e. The molecular formula is C27H25F3O7. The predicted octanol–water partition coefficient (Wildman–Crippen LogP) is 5.95. The first-order valence-corrected chi connectivity index (χ1v) is 11.1. The van der Waals surface area contributed by atoms with Crippen LogP contribution in [-0.4, -0.2) is 32.9 Å². The molecule has 0 aliphatic carbocycles. The van der Waals surface area contributed by atoms with Gasteiger partial charge in [0.05, 0.1) is 6.42 Å². The highest BCUT2D eigenvalue weighted by atomic mass is 19.4. The van der Waals surface area contributed by atoms with Crippen LogP contribution in [-0.2, 0) is 28.7 Å². The van der Waals surface area contributed by atoms with Gasteiger partial charge in [-0.05, 0) is 55.7 Å². The molecule has 196 valence electrons. The minimum absolute atomic E-state index is 0.0926. The largest absolute Gasteiger partial charge is 0.507 e. The molecule has 0 radical (unpaired) electrons. The van der Waals surface area contributed by atoms with Crippen molar-refractivity contribution in [1.82, 2.24) is 0 Å². The van der Waals surface area contributed by atoms with Gasteiger partial charge < -0.3 is 24.8 Å². The van der Waals surface area contributed by atoms with Crippen molar-refractivity contribution in [2.24, 2.45) is 0 Å². The number of phenols is 2. The van der Waals surface area contributed by atoms with Gasteiger partial charge in [-0.3, -0.25) is 4.79 Å². The van der Waals surface area contributed by atoms with Gasteiger partial charge in [-0.1, -0.05) is 36.4 Å². The number of hydrogen-bond donors (Lipinski definition) is 3. The van der Waals surface area contributed by atoms with E-state index in [1.165, 1.54) is 20.8 Å². The number of rotatable bonds is 7. The number of benzene rings is 3. The van der Waals surface area contributed by atoms with Crippen LogP contribution in [0.3, 0.4) is 0 Å². The van der Waals surface area contributed by atoms with E-state index in [1.807, 2.05) is 0 Å². The van der Waals surface area contributed by atoms with E-state index in [2.05, 4.69) is 0 Å². The third kappa shape index (κ3) is 6.93. The molecule has 10 heteroatoms. The molecule has 0 bridgehead atoms. The quantitative estimate of drug-likeness (QED) is 0.262. The number of carboxylic acid groups (broad SMARTS) is 1. The van der Waals surface area contributed by atoms with Crippen LogP contribution >= 0.6 is 0 Å². The maximum Gasteiger partial charge on any atom is 0.420 e. The van der Waals surface area contributed by atoms with Crippen LogP contribution < -0.4 is 4.74 Å². The molecule has 0 saturated heterocycles. The average molecular weight is 518 g/mol. The highest BCUT2D eigenvalue weighted by Gasteiger charge is 2.39. The molecule has 3 aromatic carbocycles. The van der Waals surface area contributed by atoms with Crippen LogP contribution in [0.2, 0.25) is 0 Å². The molecule has 0 atom stereocenters. The fourth-order valence-corrected chi connectivity index (χ4v) is 3.50. The zero-order chi connectivity index (χ0) is 27.5. The van der Waals surface area contributed by atoms with Gasteiger partial charge >= 0.3 is 18.1 Å². The summed E-state index contributed by atoms with van der Waals surface area (Å²) in [7, 11) is 0. The lowest BCUT2D eigenvalue weighted by molar-refractivity contribution is -0.139. The summed E-state index contributed by atoms with van der Waals surface area (Å²) >= 11 is 0. The smallest absolute Gasteiger partial charge is 0.420 e. The molecule has 3 rings (SSSR count). The number of esters is 1. The van der Waals surface area contributed by atoms with E-state index >= 15 is 0 Å². The summed E-state index contributed by atoms with van der Waals surface area (Å²) in [6, 6.07) is 13.8. The highest BCUT2D eigenvalue weighted by molar-refractivity contribution is 5.96. The van der Waals surface area contributed by atoms with E-state index in [0.717, 1.165) is 11.1 Å². The average Bonchev–Trinajstić information content (AvgIpc) is 2.77. The van der Waals surface area contributed by atoms with Gasteiger partial charge in [0.15, 0.2) is 0 Å². The van der Waals surface area contributed by atoms with Crippen LogP contribution in [0, 0.1) is 0 Å². The Morgan fingerprint density at radius 2 is 1.43 bits per heavy atom. The normalized spacial score (nSPS) is 11.7. The number of alkyl halides is 3. The first-order chi connectivity index (χ1) is 17.2. The van der Waals surface area contributed by atoms with Gasteiger partial charge in [-0.2, -0.15) is 13.2 Å². The zero-order valence-corrected chi connectivity index (χ0v) is 20.2. The highest BCUT2D eigenvalue weighted by Crippen LogP contribution is 2.43. The van der Waals surface area contributed by atoms with E-state index < -0.39 is 52.9 Å². The van der Waals surface area contributed by atoms with Crippen molar-refractivity contribution in [2.45, 2.75) is 45.6 Å². The SMILES string of the molecule is CC(C)(C)OC(=O)c1c(O)c(C(F)(F)F)cc(O)c1COc1ccc(-c2ccc(CC(=O)O)cc2)cc1. The molecule has 0 aliphatic heterocycles. The van der Waals surface area contributed by atoms with Crippen molar-refractivity contribution >= 4 is 11.9 Å². The Morgan fingerprint density at radius 3 is 1.92 bits per heavy atom. The summed E-state index contributed by atoms with van der Waals surface area (Å²) in [5.41, 5.74) is -1.59. The Morgan fingerprint density at radius 1 is 0.892 bits per heavy atom. The second kappa shape index (κ2) is 10.4. The van der Waals surface area contributed by atoms with Gasteiger partial charge in [-0.15, -0.1) is 0 Å². The summed E-state index contributed by atoms with van der Waals surface area (Å²) in [5.74, 6) is -4.15. The van der Waals surface area contributed by atoms with Crippen LogP contribution in [0.1, 0.15) is 47.8 Å². The van der Waals surface area contributed by atoms with Gasteiger partial charge in [0.2, 0.25) is 0 Å². The molecule has 7 nitrogen and oxygen atoms in total. The molecule has 0 fully saturated rings. The third-order valence-electron chi connectivity index (χ3n) is 5.17. The molecule has 0 amide bonds. The number of carboxylic acids is 1. The third-order valence-corrected chi connectivity index (χ3v) is 5.17. The van der Waals surface area contributed by atoms with Crippen LogP contribution in [0.5, 0.6) is 17.2 Å². The number of carbonyl (C=O) groups excluding carboxylic acids is 1. The second-order valence-electron chi connectivity index (χ2n) is 9.23. The number of halogens is 3. The fourth-order valence-electron chi connectivity index (χ4n) is 3.50. The van der Waals surface area contributed by atoms with Gasteiger partial charge in [0.25, 0.3) is 0 Å². The molecule has 0 spiro atoms. The number of hydrogen-bond acceptors (Lipinski definition) is 6. The lowest BCUT2D eigenvalue weighted by Gasteiger charge is -2.23. The Labute approximate surface area is 210 Å². The lowest BCUT2D eigenvalue weighted by Crippen LogP contribution is -2.25. The van der Waals surface area contributed by atoms with Crippen LogP contribution in [0.15, 0.2) is 54.6 Å². The molecule has 0 unspecified atom stereocenters. The number of aliphatic carboxylic acids is 1. The first-order valence-electron chi connectivity index (χ1n) is 11.1. The molecule has 0 aromatic heterocycles. The summed E-state index contributed by atoms with van der Waals surface area (Å²) in [5, 5.41) is 29.5. The topological polar surface area (TPSA) is 113 Å². The van der Waals surface area contributed by atoms with Crippen molar-refractivity contribution in [1.29, 1.82) is 0 Å². The molecule has 0 aliphatic rings. The molecular weight excluding hydrogens is 493 g/mol. The van der Waals surface area contributed by atoms with E-state index in [4.69, 9.17) is 14.6 Å². The predicted molar refractivity (Wildman–Crippen MR) is 127 cm³/mol. The van der Waals surface area contributed by atoms with E-state index in [0.29, 0.717) is 11.6 Å². The number of carbonyl (C=O) groups is 2. The van der Waals surface area contributed by atoms with Gasteiger partial charge in [0, 0.05) is 5.56 Å². The summed E-state index contributed by atoms with van der Waals surface area (Å²) in [6.07, 6.45) is -5.12. The van der Waals surface area contributed by atoms with Gasteiger partial charge in [0.1, 0.15) is 40.6 Å². The Balaban J connectivity index is 1.86. The van der Waals surface area contributed by atoms with Crippen molar-refractivity contribution < 1.29 is 47.6 Å². The van der Waals surface area contributed by atoms with Crippen molar-refractivity contribution in [3.8, 4) is 28.4 Å². The van der Waals surface area contributed by atoms with E-state index in [-0.39, 0.29) is 17.7 Å². The number of aromatic hydroxyl groups is 2. The minimum atomic E-state index is -5.03. The standard InChI is InChI=1S/C27H25F3O7/c1-26(2,3)37-25(35)23-19(21(31)13-20(24(23)34)27(28,29)30)14-36-18-10-8-17(9-11-18)16-6-4-15(5-7-16)12-22(32)33/h4-11,13,31,34H,12,14H2,1-3H3,(H,32,33). The zero-order valence-electron chi connectivity index (χ0n) is 20.2. The first kappa shape index (κ1) is 27.4. The fraction of sp³-hybridized carbons (Fsp3) is 0.259. The van der Waals surface area contributed by atoms with Crippen molar-refractivity contribution in [2.75, 3.05) is 0 Å². The number of ether oxygens (including phenoxy) is 2. The number of phenolic OH excluding ortho intramolecular Hbond substituents is 2. The van der Waals surface area contributed by atoms with Gasteiger partial charge in [-0.25, -0.2) is 4.79 Å². The van der Waals surface area contributed by atoms with E-state index in [9.17, 15) is 33.0 Å². The molecule has 0 saturated carbocycles. The Bertz CT molecular complexity index is 1290. The summed E-state index contributed by atoms with van der Waals surface area (Å²) < 4.78 is 50.9. The van der Waals surface area contributed by atoms with Crippen molar-refractivity contribution in [3.05, 3.63) is 76.9 Å². The molecule has 3 N–H and O–H groups in total. The molecule has 3 aromatic rings. The maximum atomic E-state index is 13.4. The van der Waals surface area contributed by atoms with E-state index in [1.54, 1.807) is 48.5 Å². The van der Waals surface area contributed by atoms with Crippen LogP contribution in [0.25, 0.3) is 11.1 Å². The second-order valence-corrected chi connectivity index (χ2v) is 9.23. The molecule has 37 heavy (non-hydrogen) atoms.